The van der Waals surface area contributed by atoms with E-state index in [2.05, 4.69) is 28.2 Å². The number of para-hydroxylation sites is 1. The fourth-order valence-electron chi connectivity index (χ4n) is 4.69. The van der Waals surface area contributed by atoms with Gasteiger partial charge in [0.15, 0.2) is 0 Å². The van der Waals surface area contributed by atoms with Gasteiger partial charge in [-0.25, -0.2) is 0 Å². The van der Waals surface area contributed by atoms with Crippen molar-refractivity contribution in [1.29, 1.82) is 0 Å². The Morgan fingerprint density at radius 2 is 2.06 bits per heavy atom. The summed E-state index contributed by atoms with van der Waals surface area (Å²) in [5, 5.41) is 3.94. The van der Waals surface area contributed by atoms with Crippen LogP contribution >= 0.6 is 15.9 Å². The molecule has 0 aliphatic carbocycles. The standard InChI is InChI=1S/C25H24BrN3O2/c1-16-6-4-5-11-29(16)24(30)15-28-14-17(20-13-18(26)9-10-23(20)28)12-21-19-7-2-3-8-22(19)27-25(21)31/h2-3,7-10,12-14,16H,4-6,11,15H2,1H3,(H,27,31)/b21-12+/t16-/m0/s1. The van der Waals surface area contributed by atoms with E-state index in [0.29, 0.717) is 12.1 Å². The van der Waals surface area contributed by atoms with E-state index in [1.165, 1.54) is 6.42 Å². The maximum absolute atomic E-state index is 13.1. The highest BCUT2D eigenvalue weighted by atomic mass is 79.9. The Hall–Kier alpha value is -2.86. The van der Waals surface area contributed by atoms with Gasteiger partial charge in [-0.3, -0.25) is 9.59 Å². The third-order valence-electron chi connectivity index (χ3n) is 6.31. The maximum atomic E-state index is 13.1. The summed E-state index contributed by atoms with van der Waals surface area (Å²) in [5.74, 6) is 0.0468. The first-order chi connectivity index (χ1) is 15.0. The van der Waals surface area contributed by atoms with E-state index in [1.54, 1.807) is 0 Å². The molecule has 1 aromatic heterocycles. The number of piperidine rings is 1. The van der Waals surface area contributed by atoms with Crippen molar-refractivity contribution in [1.82, 2.24) is 9.47 Å². The molecular weight excluding hydrogens is 454 g/mol. The van der Waals surface area contributed by atoms with Crippen molar-refractivity contribution in [3.8, 4) is 0 Å². The maximum Gasteiger partial charge on any atom is 0.256 e. The molecule has 3 aromatic rings. The predicted molar refractivity (Wildman–Crippen MR) is 128 cm³/mol. The lowest BCUT2D eigenvalue weighted by atomic mass is 10.0. The van der Waals surface area contributed by atoms with Gasteiger partial charge in [0, 0.05) is 56.5 Å². The number of rotatable bonds is 3. The van der Waals surface area contributed by atoms with Crippen LogP contribution in [0.15, 0.2) is 53.1 Å². The van der Waals surface area contributed by atoms with E-state index in [-0.39, 0.29) is 17.9 Å². The summed E-state index contributed by atoms with van der Waals surface area (Å²) >= 11 is 3.56. The van der Waals surface area contributed by atoms with Crippen molar-refractivity contribution >= 4 is 56.0 Å². The van der Waals surface area contributed by atoms with Gasteiger partial charge in [-0.1, -0.05) is 34.1 Å². The van der Waals surface area contributed by atoms with Crippen molar-refractivity contribution in [2.24, 2.45) is 0 Å². The highest BCUT2D eigenvalue weighted by molar-refractivity contribution is 9.10. The van der Waals surface area contributed by atoms with Gasteiger partial charge in [-0.05, 0) is 56.5 Å². The Morgan fingerprint density at radius 3 is 2.90 bits per heavy atom. The van der Waals surface area contributed by atoms with Crippen LogP contribution in [-0.2, 0) is 16.1 Å². The number of nitrogens with zero attached hydrogens (tertiary/aromatic N) is 2. The minimum atomic E-state index is -0.102. The smallest absolute Gasteiger partial charge is 0.256 e. The van der Waals surface area contributed by atoms with Crippen LogP contribution in [0.5, 0.6) is 0 Å². The lowest BCUT2D eigenvalue weighted by Gasteiger charge is -2.33. The first-order valence-electron chi connectivity index (χ1n) is 10.7. The molecule has 3 heterocycles. The number of likely N-dealkylation sites (tertiary alicyclic amines) is 1. The van der Waals surface area contributed by atoms with Crippen LogP contribution < -0.4 is 5.32 Å². The Labute approximate surface area is 189 Å². The van der Waals surface area contributed by atoms with E-state index in [0.717, 1.165) is 51.6 Å². The van der Waals surface area contributed by atoms with E-state index in [1.807, 2.05) is 64.2 Å². The highest BCUT2D eigenvalue weighted by Gasteiger charge is 2.26. The number of hydrogen-bond donors (Lipinski definition) is 1. The number of amides is 2. The van der Waals surface area contributed by atoms with Gasteiger partial charge in [-0.2, -0.15) is 0 Å². The molecule has 5 nitrogen and oxygen atoms in total. The average molecular weight is 478 g/mol. The minimum absolute atomic E-state index is 0.102. The summed E-state index contributed by atoms with van der Waals surface area (Å²) in [5.41, 5.74) is 4.29. The molecule has 158 valence electrons. The summed E-state index contributed by atoms with van der Waals surface area (Å²) in [7, 11) is 0. The largest absolute Gasteiger partial charge is 0.338 e. The van der Waals surface area contributed by atoms with Gasteiger partial charge in [0.1, 0.15) is 6.54 Å². The number of carbonyl (C=O) groups excluding carboxylic acids is 2. The lowest BCUT2D eigenvalue weighted by molar-refractivity contribution is -0.135. The number of hydrogen-bond acceptors (Lipinski definition) is 2. The topological polar surface area (TPSA) is 54.3 Å². The number of halogens is 1. The molecule has 1 atom stereocenters. The van der Waals surface area contributed by atoms with Gasteiger partial charge >= 0.3 is 0 Å². The summed E-state index contributed by atoms with van der Waals surface area (Å²) < 4.78 is 2.97. The zero-order chi connectivity index (χ0) is 21.5. The van der Waals surface area contributed by atoms with Gasteiger partial charge in [0.05, 0.1) is 0 Å². The van der Waals surface area contributed by atoms with Crippen molar-refractivity contribution in [2.75, 3.05) is 11.9 Å². The fraction of sp³-hybridized carbons (Fsp3) is 0.280. The molecule has 0 saturated carbocycles. The molecule has 1 N–H and O–H groups in total. The summed E-state index contributed by atoms with van der Waals surface area (Å²) in [6.45, 7) is 3.26. The molecule has 2 amide bonds. The number of carbonyl (C=O) groups is 2. The van der Waals surface area contributed by atoms with Crippen molar-refractivity contribution in [3.05, 3.63) is 64.3 Å². The Kier molecular flexibility index (Phi) is 5.18. The van der Waals surface area contributed by atoms with E-state index in [4.69, 9.17) is 0 Å². The van der Waals surface area contributed by atoms with E-state index in [9.17, 15) is 9.59 Å². The first kappa shape index (κ1) is 20.1. The Bertz CT molecular complexity index is 1230. The van der Waals surface area contributed by atoms with Crippen LogP contribution in [0, 0.1) is 0 Å². The molecule has 2 aliphatic rings. The third kappa shape index (κ3) is 3.69. The first-order valence-corrected chi connectivity index (χ1v) is 11.5. The summed E-state index contributed by atoms with van der Waals surface area (Å²) in [6.07, 6.45) is 7.25. The molecule has 0 bridgehead atoms. The van der Waals surface area contributed by atoms with Crippen LogP contribution in [0.1, 0.15) is 37.3 Å². The molecule has 2 aromatic carbocycles. The van der Waals surface area contributed by atoms with Gasteiger partial charge < -0.3 is 14.8 Å². The normalized spacial score (nSPS) is 19.7. The second-order valence-corrected chi connectivity index (χ2v) is 9.28. The summed E-state index contributed by atoms with van der Waals surface area (Å²) in [6, 6.07) is 14.1. The molecule has 0 unspecified atom stereocenters. The van der Waals surface area contributed by atoms with Crippen LogP contribution in [0.25, 0.3) is 22.6 Å². The number of benzene rings is 2. The highest BCUT2D eigenvalue weighted by Crippen LogP contribution is 2.35. The van der Waals surface area contributed by atoms with Gasteiger partial charge in [0.25, 0.3) is 5.91 Å². The summed E-state index contributed by atoms with van der Waals surface area (Å²) in [4.78, 5) is 27.7. The quantitative estimate of drug-likeness (QED) is 0.520. The number of nitrogens with one attached hydrogen (secondary N) is 1. The van der Waals surface area contributed by atoms with Crippen LogP contribution in [0.2, 0.25) is 0 Å². The van der Waals surface area contributed by atoms with Crippen molar-refractivity contribution in [3.63, 3.8) is 0 Å². The van der Waals surface area contributed by atoms with Crippen molar-refractivity contribution in [2.45, 2.75) is 38.8 Å². The second kappa shape index (κ2) is 8.00. The minimum Gasteiger partial charge on any atom is -0.338 e. The molecule has 0 radical (unpaired) electrons. The van der Waals surface area contributed by atoms with E-state index >= 15 is 0 Å². The number of anilines is 1. The molecule has 2 aliphatic heterocycles. The van der Waals surface area contributed by atoms with Crippen LogP contribution in [-0.4, -0.2) is 33.9 Å². The van der Waals surface area contributed by atoms with Crippen molar-refractivity contribution < 1.29 is 9.59 Å². The number of fused-ring (bicyclic) bond motifs is 2. The molecular formula is C25H24BrN3O2. The Morgan fingerprint density at radius 1 is 1.23 bits per heavy atom. The van der Waals surface area contributed by atoms with Crippen LogP contribution in [0.3, 0.4) is 0 Å². The SMILES string of the molecule is C[C@H]1CCCCN1C(=O)Cn1cc(/C=C2/C(=O)Nc3ccccc32)c2cc(Br)ccc21. The predicted octanol–water partition coefficient (Wildman–Crippen LogP) is 5.30. The molecule has 0 spiro atoms. The zero-order valence-corrected chi connectivity index (χ0v) is 19.0. The average Bonchev–Trinajstić information content (AvgIpc) is 3.25. The molecule has 6 heteroatoms. The number of aromatic nitrogens is 1. The monoisotopic (exact) mass is 477 g/mol. The molecule has 31 heavy (non-hydrogen) atoms. The van der Waals surface area contributed by atoms with Crippen LogP contribution in [0.4, 0.5) is 5.69 Å². The molecule has 1 saturated heterocycles. The van der Waals surface area contributed by atoms with Gasteiger partial charge in [-0.15, -0.1) is 0 Å². The Balaban J connectivity index is 1.55. The fourth-order valence-corrected chi connectivity index (χ4v) is 5.05. The second-order valence-electron chi connectivity index (χ2n) is 8.36. The molecule has 5 rings (SSSR count). The molecule has 1 fully saturated rings. The van der Waals surface area contributed by atoms with Gasteiger partial charge in [0.2, 0.25) is 5.91 Å². The third-order valence-corrected chi connectivity index (χ3v) is 6.81. The lowest BCUT2D eigenvalue weighted by Crippen LogP contribution is -2.43. The van der Waals surface area contributed by atoms with E-state index < -0.39 is 0 Å². The zero-order valence-electron chi connectivity index (χ0n) is 17.4.